The van der Waals surface area contributed by atoms with E-state index < -0.39 is 31.8 Å². The smallest absolute Gasteiger partial charge is 0.266 e. The highest BCUT2D eigenvalue weighted by atomic mass is 32.2. The third-order valence-corrected chi connectivity index (χ3v) is 8.53. The summed E-state index contributed by atoms with van der Waals surface area (Å²) in [6, 6.07) is 17.5. The molecule has 0 atom stereocenters. The Morgan fingerprint density at radius 1 is 1.00 bits per heavy atom. The van der Waals surface area contributed by atoms with Crippen molar-refractivity contribution in [1.82, 2.24) is 10.3 Å². The molecule has 14 heteroatoms. The lowest BCUT2D eigenvalue weighted by Crippen LogP contribution is -2.31. The van der Waals surface area contributed by atoms with Gasteiger partial charge < -0.3 is 15.5 Å². The van der Waals surface area contributed by atoms with E-state index in [2.05, 4.69) is 20.3 Å². The molecule has 0 saturated carbocycles. The summed E-state index contributed by atoms with van der Waals surface area (Å²) in [4.78, 5) is 18.6. The van der Waals surface area contributed by atoms with Gasteiger partial charge in [-0.05, 0) is 24.3 Å². The zero-order chi connectivity index (χ0) is 28.2. The van der Waals surface area contributed by atoms with E-state index in [1.807, 2.05) is 37.2 Å². The van der Waals surface area contributed by atoms with Crippen molar-refractivity contribution in [2.45, 2.75) is 4.90 Å². The monoisotopic (exact) mass is 589 g/mol. The number of benzene rings is 3. The third kappa shape index (κ3) is 7.30. The van der Waals surface area contributed by atoms with Crippen LogP contribution in [0.25, 0.3) is 22.0 Å². The van der Waals surface area contributed by atoms with Gasteiger partial charge in [0.2, 0.25) is 5.91 Å². The molecule has 4 aromatic rings. The highest BCUT2D eigenvalue weighted by Crippen LogP contribution is 2.32. The summed E-state index contributed by atoms with van der Waals surface area (Å²) in [6.45, 7) is -0.237. The van der Waals surface area contributed by atoms with Crippen LogP contribution >= 0.6 is 11.3 Å². The summed E-state index contributed by atoms with van der Waals surface area (Å²) >= 11 is 1.19. The van der Waals surface area contributed by atoms with Gasteiger partial charge in [0.1, 0.15) is 0 Å². The molecule has 0 aliphatic rings. The average Bonchev–Trinajstić information content (AvgIpc) is 3.33. The van der Waals surface area contributed by atoms with Gasteiger partial charge in [0.05, 0.1) is 22.9 Å². The van der Waals surface area contributed by atoms with Crippen LogP contribution in [0.2, 0.25) is 0 Å². The van der Waals surface area contributed by atoms with E-state index in [0.29, 0.717) is 27.5 Å². The van der Waals surface area contributed by atoms with Crippen molar-refractivity contribution in [1.29, 1.82) is 0 Å². The summed E-state index contributed by atoms with van der Waals surface area (Å²) < 4.78 is 59.6. The van der Waals surface area contributed by atoms with Crippen molar-refractivity contribution in [2.75, 3.05) is 47.9 Å². The number of nitrogens with zero attached hydrogens (tertiary/aromatic N) is 2. The van der Waals surface area contributed by atoms with Crippen molar-refractivity contribution in [3.8, 4) is 11.3 Å². The van der Waals surface area contributed by atoms with E-state index in [0.717, 1.165) is 11.1 Å². The minimum Gasteiger partial charge on any atom is -0.377 e. The van der Waals surface area contributed by atoms with Crippen molar-refractivity contribution in [2.24, 2.45) is 0 Å². The Morgan fingerprint density at radius 3 is 2.46 bits per heavy atom. The molecule has 0 fully saturated rings. The molecular formula is C25H27N5O6S3. The van der Waals surface area contributed by atoms with Gasteiger partial charge in [0.25, 0.3) is 20.1 Å². The summed E-state index contributed by atoms with van der Waals surface area (Å²) in [6.07, 6.45) is 0. The summed E-state index contributed by atoms with van der Waals surface area (Å²) in [5.74, 6) is -0.931. The van der Waals surface area contributed by atoms with Crippen molar-refractivity contribution >= 4 is 64.7 Å². The van der Waals surface area contributed by atoms with Gasteiger partial charge in [-0.2, -0.15) is 8.42 Å². The van der Waals surface area contributed by atoms with Crippen molar-refractivity contribution in [3.63, 3.8) is 0 Å². The van der Waals surface area contributed by atoms with Gasteiger partial charge in [0.15, 0.2) is 5.13 Å². The Hall–Kier alpha value is -3.56. The second-order valence-electron chi connectivity index (χ2n) is 8.76. The quantitative estimate of drug-likeness (QED) is 0.152. The Morgan fingerprint density at radius 2 is 1.72 bits per heavy atom. The fourth-order valence-electron chi connectivity index (χ4n) is 3.87. The van der Waals surface area contributed by atoms with Crippen LogP contribution in [0.5, 0.6) is 0 Å². The van der Waals surface area contributed by atoms with Gasteiger partial charge in [-0.1, -0.05) is 36.4 Å². The predicted octanol–water partition coefficient (Wildman–Crippen LogP) is 3.25. The van der Waals surface area contributed by atoms with E-state index in [1.54, 1.807) is 47.8 Å². The minimum absolute atomic E-state index is 0.0757. The van der Waals surface area contributed by atoms with E-state index in [1.165, 1.54) is 11.3 Å². The number of nitrogens with one attached hydrogen (secondary N) is 3. The number of amides is 1. The molecule has 0 aliphatic carbocycles. The van der Waals surface area contributed by atoms with Gasteiger partial charge in [-0.15, -0.1) is 11.3 Å². The summed E-state index contributed by atoms with van der Waals surface area (Å²) in [5.41, 5.74) is 2.45. The molecule has 1 amide bonds. The van der Waals surface area contributed by atoms with Gasteiger partial charge in [-0.25, -0.2) is 13.4 Å². The van der Waals surface area contributed by atoms with Crippen LogP contribution in [0.3, 0.4) is 0 Å². The molecule has 0 radical (unpaired) electrons. The van der Waals surface area contributed by atoms with Crippen LogP contribution in [0, 0.1) is 0 Å². The predicted molar refractivity (Wildman–Crippen MR) is 155 cm³/mol. The van der Waals surface area contributed by atoms with Crippen LogP contribution in [0.4, 0.5) is 16.5 Å². The van der Waals surface area contributed by atoms with Gasteiger partial charge >= 0.3 is 0 Å². The first kappa shape index (κ1) is 28.4. The van der Waals surface area contributed by atoms with Crippen LogP contribution in [0.15, 0.2) is 70.9 Å². The molecule has 4 rings (SSSR count). The number of carbonyl (C=O) groups excluding carboxylic acids is 1. The van der Waals surface area contributed by atoms with Gasteiger partial charge in [0, 0.05) is 53.7 Å². The number of rotatable bonds is 11. The van der Waals surface area contributed by atoms with Crippen LogP contribution in [0.1, 0.15) is 0 Å². The maximum atomic E-state index is 13.4. The third-order valence-electron chi connectivity index (χ3n) is 5.61. The van der Waals surface area contributed by atoms with Crippen LogP contribution in [-0.2, 0) is 24.9 Å². The van der Waals surface area contributed by atoms with Crippen LogP contribution in [-0.4, -0.2) is 65.2 Å². The first-order valence-electron chi connectivity index (χ1n) is 11.7. The molecule has 1 heterocycles. The highest BCUT2D eigenvalue weighted by Gasteiger charge is 2.19. The zero-order valence-corrected chi connectivity index (χ0v) is 23.5. The summed E-state index contributed by atoms with van der Waals surface area (Å²) in [7, 11) is -4.21. The molecule has 0 bridgehead atoms. The Labute approximate surface area is 230 Å². The maximum absolute atomic E-state index is 13.4. The number of anilines is 3. The molecule has 3 aromatic carbocycles. The molecule has 1 aromatic heterocycles. The van der Waals surface area contributed by atoms with E-state index >= 15 is 0 Å². The number of aromatic nitrogens is 1. The molecule has 0 saturated heterocycles. The fourth-order valence-corrected chi connectivity index (χ4v) is 6.28. The van der Waals surface area contributed by atoms with E-state index in [-0.39, 0.29) is 18.0 Å². The molecule has 206 valence electrons. The molecule has 0 unspecified atom stereocenters. The molecule has 11 nitrogen and oxygen atoms in total. The number of thiazole rings is 1. The van der Waals surface area contributed by atoms with E-state index in [4.69, 9.17) is 4.55 Å². The molecule has 39 heavy (non-hydrogen) atoms. The Balaban J connectivity index is 1.48. The highest BCUT2D eigenvalue weighted by molar-refractivity contribution is 7.93. The number of carbonyl (C=O) groups is 1. The number of sulfonamides is 1. The second-order valence-corrected chi connectivity index (χ2v) is 12.8. The average molecular weight is 590 g/mol. The fraction of sp³-hybridized carbons (Fsp3) is 0.200. The number of hydrogen-bond donors (Lipinski definition) is 4. The Kier molecular flexibility index (Phi) is 8.51. The van der Waals surface area contributed by atoms with Crippen molar-refractivity contribution < 1.29 is 26.2 Å². The lowest BCUT2D eigenvalue weighted by Gasteiger charge is -2.17. The normalized spacial score (nSPS) is 11.9. The molecular weight excluding hydrogens is 563 g/mol. The molecule has 0 aliphatic heterocycles. The zero-order valence-electron chi connectivity index (χ0n) is 21.1. The van der Waals surface area contributed by atoms with Crippen LogP contribution < -0.4 is 20.3 Å². The maximum Gasteiger partial charge on any atom is 0.266 e. The second kappa shape index (κ2) is 11.7. The minimum atomic E-state index is -4.10. The molecule has 0 spiro atoms. The topological polar surface area (TPSA) is 158 Å². The lowest BCUT2D eigenvalue weighted by atomic mass is 10.1. The first-order valence-corrected chi connectivity index (χ1v) is 15.6. The molecule has 4 N–H and O–H groups in total. The van der Waals surface area contributed by atoms with E-state index in [9.17, 15) is 21.6 Å². The van der Waals surface area contributed by atoms with Gasteiger partial charge in [-0.3, -0.25) is 14.1 Å². The lowest BCUT2D eigenvalue weighted by molar-refractivity contribution is -0.115. The van der Waals surface area contributed by atoms with Crippen molar-refractivity contribution in [3.05, 3.63) is 66.0 Å². The standard InChI is InChI=1S/C25H27N5O6S3/c1-30(2)22-10-4-9-20-19(22)8-5-11-23(20)39(35,36)29-18-7-3-6-17(14-18)21-16-37-25(27-21)28-24(31)15-26-12-13-38(32,33)34/h3-11,14,16,26,29H,12-13,15H2,1-2H3,(H,27,28,31)(H,32,33,34). The number of hydrogen-bond acceptors (Lipinski definition) is 9. The SMILES string of the molecule is CN(C)c1cccc2c(S(=O)(=O)Nc3cccc(-c4csc(NC(=O)CNCCS(=O)(=O)O)n4)c3)cccc12. The summed E-state index contributed by atoms with van der Waals surface area (Å²) in [5, 5.41) is 8.72. The number of fused-ring (bicyclic) bond motifs is 1. The largest absolute Gasteiger partial charge is 0.377 e. The first-order chi connectivity index (χ1) is 18.4. The Bertz CT molecular complexity index is 1720.